The molecule has 4 heteroatoms. The number of benzene rings is 2. The third-order valence-electron chi connectivity index (χ3n) is 3.38. The molecule has 0 saturated heterocycles. The normalized spacial score (nSPS) is 10.1. The van der Waals surface area contributed by atoms with Gasteiger partial charge in [-0.3, -0.25) is 0 Å². The number of fused-ring (bicyclic) bond motifs is 1. The van der Waals surface area contributed by atoms with Gasteiger partial charge in [-0.1, -0.05) is 48.4 Å². The van der Waals surface area contributed by atoms with E-state index in [1.165, 1.54) is 21.9 Å². The Morgan fingerprint density at radius 3 is 2.33 bits per heavy atom. The van der Waals surface area contributed by atoms with Crippen LogP contribution in [0.3, 0.4) is 0 Å². The Morgan fingerprint density at radius 2 is 1.67 bits per heavy atom. The molecule has 108 valence electrons. The second-order valence-electron chi connectivity index (χ2n) is 4.58. The standard InChI is InChI=1S/C17H14Cl.2ClH.Zr/c1-2-12-10-13-6-5-8-14(16(13)11-12)15-7-3-4-9-17(15)18;;;/h3-11H,2H2,1H3;2*1H;/q-1;;;+2/p-2. The van der Waals surface area contributed by atoms with Crippen LogP contribution in [-0.2, 0) is 27.3 Å². The van der Waals surface area contributed by atoms with Crippen molar-refractivity contribution >= 4 is 39.4 Å². The van der Waals surface area contributed by atoms with Crippen LogP contribution in [0, 0.1) is 0 Å². The third-order valence-corrected chi connectivity index (χ3v) is 3.71. The molecule has 0 nitrogen and oxygen atoms in total. The van der Waals surface area contributed by atoms with Gasteiger partial charge in [0.05, 0.1) is 0 Å². The quantitative estimate of drug-likeness (QED) is 0.403. The molecule has 0 aliphatic carbocycles. The average molecular weight is 416 g/mol. The van der Waals surface area contributed by atoms with E-state index in [0.717, 1.165) is 17.0 Å². The number of hydrogen-bond acceptors (Lipinski definition) is 0. The fourth-order valence-electron chi connectivity index (χ4n) is 2.42. The molecule has 0 spiro atoms. The molecule has 0 radical (unpaired) electrons. The number of hydrogen-bond donors (Lipinski definition) is 0. The van der Waals surface area contributed by atoms with Crippen LogP contribution < -0.4 is 0 Å². The monoisotopic (exact) mass is 413 g/mol. The predicted molar refractivity (Wildman–Crippen MR) is 91.1 cm³/mol. The van der Waals surface area contributed by atoms with E-state index in [4.69, 9.17) is 28.6 Å². The molecule has 0 amide bonds. The molecule has 0 fully saturated rings. The summed E-state index contributed by atoms with van der Waals surface area (Å²) in [5.74, 6) is 0. The van der Waals surface area contributed by atoms with E-state index in [-0.39, 0.29) is 0 Å². The predicted octanol–water partition coefficient (Wildman–Crippen LogP) is 6.82. The van der Waals surface area contributed by atoms with Crippen LogP contribution >= 0.6 is 28.6 Å². The van der Waals surface area contributed by atoms with Gasteiger partial charge in [-0.15, -0.1) is 34.5 Å². The molecule has 0 heterocycles. The molecular weight excluding hydrogens is 402 g/mol. The second kappa shape index (κ2) is 8.44. The fourth-order valence-corrected chi connectivity index (χ4v) is 2.65. The molecule has 0 bridgehead atoms. The Morgan fingerprint density at radius 1 is 1.00 bits per heavy atom. The van der Waals surface area contributed by atoms with E-state index in [9.17, 15) is 0 Å². The molecule has 0 aromatic heterocycles. The molecule has 0 saturated carbocycles. The van der Waals surface area contributed by atoms with E-state index >= 15 is 0 Å². The Kier molecular flexibility index (Phi) is 6.90. The summed E-state index contributed by atoms with van der Waals surface area (Å²) >= 11 is 5.47. The molecule has 3 rings (SSSR count). The van der Waals surface area contributed by atoms with Crippen molar-refractivity contribution in [1.82, 2.24) is 0 Å². The summed E-state index contributed by atoms with van der Waals surface area (Å²) in [5, 5.41) is 3.40. The van der Waals surface area contributed by atoms with E-state index in [0.29, 0.717) is 0 Å². The van der Waals surface area contributed by atoms with Crippen molar-refractivity contribution in [3.63, 3.8) is 0 Å². The van der Waals surface area contributed by atoms with Crippen molar-refractivity contribution < 1.29 is 20.8 Å². The summed E-state index contributed by atoms with van der Waals surface area (Å²) in [5.41, 5.74) is 3.71. The molecule has 0 atom stereocenters. The van der Waals surface area contributed by atoms with Crippen molar-refractivity contribution in [3.8, 4) is 11.1 Å². The maximum atomic E-state index is 6.30. The van der Waals surface area contributed by atoms with Gasteiger partial charge in [0, 0.05) is 5.02 Å². The van der Waals surface area contributed by atoms with Gasteiger partial charge >= 0.3 is 37.9 Å². The molecule has 3 aromatic rings. The first-order valence-corrected chi connectivity index (χ1v) is 13.3. The van der Waals surface area contributed by atoms with Crippen LogP contribution in [0.1, 0.15) is 12.5 Å². The van der Waals surface area contributed by atoms with Gasteiger partial charge < -0.3 is 0 Å². The Labute approximate surface area is 149 Å². The van der Waals surface area contributed by atoms with Gasteiger partial charge in [0.15, 0.2) is 0 Å². The zero-order valence-corrected chi connectivity index (χ0v) is 16.3. The molecule has 0 unspecified atom stereocenters. The summed E-state index contributed by atoms with van der Waals surface area (Å²) in [6, 6.07) is 19.0. The van der Waals surface area contributed by atoms with Crippen molar-refractivity contribution in [2.45, 2.75) is 13.3 Å². The minimum atomic E-state index is -0.826. The van der Waals surface area contributed by atoms with E-state index in [1.54, 1.807) is 0 Å². The van der Waals surface area contributed by atoms with Crippen molar-refractivity contribution in [2.24, 2.45) is 0 Å². The first kappa shape index (κ1) is 17.2. The zero-order valence-electron chi connectivity index (χ0n) is 11.5. The second-order valence-corrected chi connectivity index (χ2v) is 8.72. The van der Waals surface area contributed by atoms with Crippen LogP contribution in [0.4, 0.5) is 0 Å². The molecule has 0 aliphatic heterocycles. The van der Waals surface area contributed by atoms with Crippen molar-refractivity contribution in [3.05, 3.63) is 65.2 Å². The number of aryl methyl sites for hydroxylation is 1. The van der Waals surface area contributed by atoms with E-state index in [1.807, 2.05) is 18.2 Å². The Bertz CT molecular complexity index is 719. The van der Waals surface area contributed by atoms with Gasteiger partial charge in [-0.25, -0.2) is 0 Å². The SMILES string of the molecule is CCc1cc2c(-c3ccccc3Cl)cccc2[cH-]1.[Cl][Zr][Cl]. The summed E-state index contributed by atoms with van der Waals surface area (Å²) in [6.07, 6.45) is 1.07. The first-order valence-electron chi connectivity index (χ1n) is 6.60. The van der Waals surface area contributed by atoms with Gasteiger partial charge in [0.2, 0.25) is 0 Å². The summed E-state index contributed by atoms with van der Waals surface area (Å²) < 4.78 is 0. The van der Waals surface area contributed by atoms with Crippen LogP contribution in [0.5, 0.6) is 0 Å². The van der Waals surface area contributed by atoms with Crippen LogP contribution in [-0.4, -0.2) is 0 Å². The van der Waals surface area contributed by atoms with Crippen molar-refractivity contribution in [1.29, 1.82) is 0 Å². The van der Waals surface area contributed by atoms with E-state index < -0.39 is 20.8 Å². The fraction of sp³-hybridized carbons (Fsp3) is 0.118. The van der Waals surface area contributed by atoms with Crippen LogP contribution in [0.15, 0.2) is 54.6 Å². The molecule has 0 aliphatic rings. The molecule has 21 heavy (non-hydrogen) atoms. The van der Waals surface area contributed by atoms with E-state index in [2.05, 4.69) is 43.3 Å². The topological polar surface area (TPSA) is 0 Å². The van der Waals surface area contributed by atoms with Crippen LogP contribution in [0.2, 0.25) is 5.02 Å². The van der Waals surface area contributed by atoms with Crippen LogP contribution in [0.25, 0.3) is 21.9 Å². The van der Waals surface area contributed by atoms with Gasteiger partial charge in [0.25, 0.3) is 0 Å². The van der Waals surface area contributed by atoms with Crippen molar-refractivity contribution in [2.75, 3.05) is 0 Å². The number of rotatable bonds is 2. The number of halogens is 3. The van der Waals surface area contributed by atoms with Gasteiger partial charge in [0.1, 0.15) is 0 Å². The molecule has 3 aromatic carbocycles. The first-order chi connectivity index (χ1) is 10.2. The molecule has 0 N–H and O–H groups in total. The maximum absolute atomic E-state index is 6.30. The Hall–Kier alpha value is -0.197. The third kappa shape index (κ3) is 4.17. The summed E-state index contributed by atoms with van der Waals surface area (Å²) in [6.45, 7) is 2.18. The zero-order chi connectivity index (χ0) is 15.2. The summed E-state index contributed by atoms with van der Waals surface area (Å²) in [4.78, 5) is 0. The molecular formula is C17H14Cl3Zr-. The van der Waals surface area contributed by atoms with Gasteiger partial charge in [-0.05, 0) is 18.1 Å². The minimum absolute atomic E-state index is 0.809. The Balaban J connectivity index is 0.000000497. The van der Waals surface area contributed by atoms with Gasteiger partial charge in [-0.2, -0.15) is 6.07 Å². The average Bonchev–Trinajstić information content (AvgIpc) is 2.92. The summed E-state index contributed by atoms with van der Waals surface area (Å²) in [7, 11) is 9.87.